The molecule has 0 spiro atoms. The van der Waals surface area contributed by atoms with Crippen molar-refractivity contribution in [2.45, 2.75) is 26.8 Å². The molecule has 0 saturated carbocycles. The Morgan fingerprint density at radius 1 is 1.39 bits per heavy atom. The van der Waals surface area contributed by atoms with Crippen LogP contribution in [0.5, 0.6) is 5.75 Å². The Labute approximate surface area is 136 Å². The molecule has 0 N–H and O–H groups in total. The summed E-state index contributed by atoms with van der Waals surface area (Å²) in [6, 6.07) is 6.07. The van der Waals surface area contributed by atoms with Crippen LogP contribution in [0.3, 0.4) is 0 Å². The Morgan fingerprint density at radius 3 is 2.91 bits per heavy atom. The van der Waals surface area contributed by atoms with Gasteiger partial charge in [-0.05, 0) is 24.1 Å². The largest absolute Gasteiger partial charge is 0.424 e. The van der Waals surface area contributed by atoms with Gasteiger partial charge in [-0.1, -0.05) is 19.1 Å². The van der Waals surface area contributed by atoms with Crippen molar-refractivity contribution in [2.75, 3.05) is 26.3 Å². The maximum absolute atomic E-state index is 11.7. The van der Waals surface area contributed by atoms with Gasteiger partial charge in [-0.2, -0.15) is 0 Å². The predicted octanol–water partition coefficient (Wildman–Crippen LogP) is 2.69. The number of benzene rings is 1. The van der Waals surface area contributed by atoms with Gasteiger partial charge in [-0.3, -0.25) is 14.7 Å². The van der Waals surface area contributed by atoms with Crippen LogP contribution in [0.1, 0.15) is 24.5 Å². The lowest BCUT2D eigenvalue weighted by molar-refractivity contribution is -0.133. The summed E-state index contributed by atoms with van der Waals surface area (Å²) in [6.45, 7) is 8.05. The first-order valence-electron chi connectivity index (χ1n) is 8.07. The number of fused-ring (bicyclic) bond motifs is 1. The number of aromatic nitrogens is 1. The molecular formula is C18H22N2O3. The van der Waals surface area contributed by atoms with E-state index in [1.165, 1.54) is 5.56 Å². The zero-order valence-corrected chi connectivity index (χ0v) is 13.7. The van der Waals surface area contributed by atoms with Crippen LogP contribution >= 0.6 is 0 Å². The Kier molecular flexibility index (Phi) is 4.88. The van der Waals surface area contributed by atoms with Gasteiger partial charge < -0.3 is 9.47 Å². The van der Waals surface area contributed by atoms with Crippen molar-refractivity contribution >= 4 is 16.9 Å². The normalized spacial score (nSPS) is 15.7. The molecule has 0 aliphatic carbocycles. The van der Waals surface area contributed by atoms with E-state index in [0.29, 0.717) is 12.2 Å². The van der Waals surface area contributed by atoms with Gasteiger partial charge in [0.15, 0.2) is 5.75 Å². The SMILES string of the molecule is CCC(=O)Oc1c(C)cc(CN2CCOCC2)c2cccnc12. The average molecular weight is 314 g/mol. The zero-order chi connectivity index (χ0) is 16.2. The quantitative estimate of drug-likeness (QED) is 0.641. The molecule has 3 rings (SSSR count). The zero-order valence-electron chi connectivity index (χ0n) is 13.7. The summed E-state index contributed by atoms with van der Waals surface area (Å²) in [5, 5.41) is 1.04. The standard InChI is InChI=1S/C18H22N2O3/c1-3-16(21)23-18-13(2)11-14(12-20-7-9-22-10-8-20)15-5-4-6-19-17(15)18/h4-6,11H,3,7-10,12H2,1-2H3. The summed E-state index contributed by atoms with van der Waals surface area (Å²) in [5.74, 6) is 0.346. The monoisotopic (exact) mass is 314 g/mol. The summed E-state index contributed by atoms with van der Waals surface area (Å²) in [5.41, 5.74) is 2.92. The Hall–Kier alpha value is -1.98. The van der Waals surface area contributed by atoms with Crippen molar-refractivity contribution in [2.24, 2.45) is 0 Å². The lowest BCUT2D eigenvalue weighted by atomic mass is 10.0. The average Bonchev–Trinajstić information content (AvgIpc) is 2.59. The number of esters is 1. The molecule has 2 aromatic rings. The van der Waals surface area contributed by atoms with Crippen molar-refractivity contribution in [3.8, 4) is 5.75 Å². The molecule has 1 aromatic heterocycles. The molecule has 0 atom stereocenters. The van der Waals surface area contributed by atoms with Crippen LogP contribution in [0.4, 0.5) is 0 Å². The predicted molar refractivity (Wildman–Crippen MR) is 88.5 cm³/mol. The fourth-order valence-corrected chi connectivity index (χ4v) is 2.88. The fourth-order valence-electron chi connectivity index (χ4n) is 2.88. The molecule has 1 saturated heterocycles. The third-order valence-electron chi connectivity index (χ3n) is 4.12. The van der Waals surface area contributed by atoms with Gasteiger partial charge >= 0.3 is 5.97 Å². The van der Waals surface area contributed by atoms with Gasteiger partial charge in [-0.15, -0.1) is 0 Å². The van der Waals surface area contributed by atoms with E-state index >= 15 is 0 Å². The smallest absolute Gasteiger partial charge is 0.310 e. The molecule has 0 radical (unpaired) electrons. The summed E-state index contributed by atoms with van der Waals surface area (Å²) in [7, 11) is 0. The van der Waals surface area contributed by atoms with Crippen LogP contribution in [-0.2, 0) is 16.1 Å². The minimum atomic E-state index is -0.235. The molecule has 5 heteroatoms. The minimum Gasteiger partial charge on any atom is -0.424 e. The lowest BCUT2D eigenvalue weighted by Gasteiger charge is -2.27. The van der Waals surface area contributed by atoms with Gasteiger partial charge in [-0.25, -0.2) is 0 Å². The van der Waals surface area contributed by atoms with Crippen molar-refractivity contribution in [1.29, 1.82) is 0 Å². The first-order valence-corrected chi connectivity index (χ1v) is 8.07. The van der Waals surface area contributed by atoms with Crippen molar-refractivity contribution in [3.63, 3.8) is 0 Å². The van der Waals surface area contributed by atoms with Crippen LogP contribution < -0.4 is 4.74 Å². The van der Waals surface area contributed by atoms with E-state index in [9.17, 15) is 4.79 Å². The molecule has 122 valence electrons. The molecule has 5 nitrogen and oxygen atoms in total. The number of ether oxygens (including phenoxy) is 2. The topological polar surface area (TPSA) is 51.7 Å². The van der Waals surface area contributed by atoms with Gasteiger partial charge in [0, 0.05) is 37.6 Å². The van der Waals surface area contributed by atoms with Crippen molar-refractivity contribution < 1.29 is 14.3 Å². The lowest BCUT2D eigenvalue weighted by Crippen LogP contribution is -2.35. The third-order valence-corrected chi connectivity index (χ3v) is 4.12. The number of pyridine rings is 1. The molecule has 23 heavy (non-hydrogen) atoms. The number of carbonyl (C=O) groups excluding carboxylic acids is 1. The molecule has 1 aliphatic heterocycles. The number of carbonyl (C=O) groups is 1. The number of morpholine rings is 1. The van der Waals surface area contributed by atoms with Gasteiger partial charge in [0.2, 0.25) is 0 Å². The number of hydrogen-bond donors (Lipinski definition) is 0. The molecule has 0 unspecified atom stereocenters. The summed E-state index contributed by atoms with van der Waals surface area (Å²) in [4.78, 5) is 18.5. The first kappa shape index (κ1) is 15.9. The van der Waals surface area contributed by atoms with Crippen LogP contribution in [0.15, 0.2) is 24.4 Å². The van der Waals surface area contributed by atoms with Gasteiger partial charge in [0.1, 0.15) is 5.52 Å². The van der Waals surface area contributed by atoms with E-state index in [4.69, 9.17) is 9.47 Å². The van der Waals surface area contributed by atoms with Crippen molar-refractivity contribution in [1.82, 2.24) is 9.88 Å². The van der Waals surface area contributed by atoms with Crippen LogP contribution in [0.2, 0.25) is 0 Å². The second kappa shape index (κ2) is 7.06. The minimum absolute atomic E-state index is 0.235. The second-order valence-corrected chi connectivity index (χ2v) is 5.80. The summed E-state index contributed by atoms with van der Waals surface area (Å²) < 4.78 is 10.9. The number of hydrogen-bond acceptors (Lipinski definition) is 5. The van der Waals surface area contributed by atoms with E-state index in [1.807, 2.05) is 19.1 Å². The highest BCUT2D eigenvalue weighted by Crippen LogP contribution is 2.32. The highest BCUT2D eigenvalue weighted by molar-refractivity contribution is 5.91. The maximum atomic E-state index is 11.7. The van der Waals surface area contributed by atoms with Crippen LogP contribution in [0, 0.1) is 6.92 Å². The highest BCUT2D eigenvalue weighted by atomic mass is 16.5. The molecular weight excluding hydrogens is 292 g/mol. The molecule has 1 aromatic carbocycles. The van der Waals surface area contributed by atoms with E-state index in [-0.39, 0.29) is 5.97 Å². The molecule has 0 bridgehead atoms. The molecule has 2 heterocycles. The first-order chi connectivity index (χ1) is 11.2. The molecule has 1 aliphatic rings. The fraction of sp³-hybridized carbons (Fsp3) is 0.444. The molecule has 1 fully saturated rings. The number of aryl methyl sites for hydroxylation is 1. The van der Waals surface area contributed by atoms with Crippen LogP contribution in [0.25, 0.3) is 10.9 Å². The number of nitrogens with zero attached hydrogens (tertiary/aromatic N) is 2. The Balaban J connectivity index is 1.99. The van der Waals surface area contributed by atoms with Crippen LogP contribution in [-0.4, -0.2) is 42.2 Å². The van der Waals surface area contributed by atoms with Gasteiger partial charge in [0.05, 0.1) is 13.2 Å². The Morgan fingerprint density at radius 2 is 2.17 bits per heavy atom. The summed E-state index contributed by atoms with van der Waals surface area (Å²) in [6.07, 6.45) is 2.09. The molecule has 0 amide bonds. The maximum Gasteiger partial charge on any atom is 0.310 e. The third kappa shape index (κ3) is 3.51. The Bertz CT molecular complexity index is 709. The summed E-state index contributed by atoms with van der Waals surface area (Å²) >= 11 is 0. The van der Waals surface area contributed by atoms with E-state index in [1.54, 1.807) is 13.1 Å². The van der Waals surface area contributed by atoms with Gasteiger partial charge in [0.25, 0.3) is 0 Å². The highest BCUT2D eigenvalue weighted by Gasteiger charge is 2.17. The second-order valence-electron chi connectivity index (χ2n) is 5.80. The van der Waals surface area contributed by atoms with Crippen molar-refractivity contribution in [3.05, 3.63) is 35.5 Å². The van der Waals surface area contributed by atoms with E-state index in [0.717, 1.165) is 49.3 Å². The van der Waals surface area contributed by atoms with E-state index in [2.05, 4.69) is 16.0 Å². The van der Waals surface area contributed by atoms with E-state index < -0.39 is 0 Å². The number of rotatable bonds is 4.